The lowest BCUT2D eigenvalue weighted by molar-refractivity contribution is 0.496. The van der Waals surface area contributed by atoms with Gasteiger partial charge < -0.3 is 15.9 Å². The zero-order valence-corrected chi connectivity index (χ0v) is 8.16. The Morgan fingerprint density at radius 1 is 1.36 bits per heavy atom. The SMILES string of the molecule is Cc1c(C(N)CN)oc2ccccc12. The van der Waals surface area contributed by atoms with Crippen molar-refractivity contribution in [1.82, 2.24) is 0 Å². The largest absolute Gasteiger partial charge is 0.459 e. The van der Waals surface area contributed by atoms with Gasteiger partial charge in [-0.05, 0) is 13.0 Å². The highest BCUT2D eigenvalue weighted by Gasteiger charge is 2.14. The smallest absolute Gasteiger partial charge is 0.134 e. The molecule has 0 radical (unpaired) electrons. The van der Waals surface area contributed by atoms with Crippen molar-refractivity contribution in [3.05, 3.63) is 35.6 Å². The first-order valence-corrected chi connectivity index (χ1v) is 4.67. The van der Waals surface area contributed by atoms with Crippen LogP contribution in [0.4, 0.5) is 0 Å². The molecule has 0 aliphatic rings. The molecule has 0 saturated heterocycles. The number of hydrogen-bond donors (Lipinski definition) is 2. The van der Waals surface area contributed by atoms with Crippen LogP contribution in [0.25, 0.3) is 11.0 Å². The van der Waals surface area contributed by atoms with Crippen LogP contribution in [-0.4, -0.2) is 6.54 Å². The molecular formula is C11H14N2O. The van der Waals surface area contributed by atoms with E-state index in [1.54, 1.807) is 0 Å². The summed E-state index contributed by atoms with van der Waals surface area (Å²) in [6.45, 7) is 2.41. The molecule has 1 heterocycles. The third-order valence-corrected chi connectivity index (χ3v) is 2.47. The van der Waals surface area contributed by atoms with Crippen LogP contribution >= 0.6 is 0 Å². The van der Waals surface area contributed by atoms with Gasteiger partial charge in [0.2, 0.25) is 0 Å². The van der Waals surface area contributed by atoms with Crippen molar-refractivity contribution in [2.75, 3.05) is 6.54 Å². The van der Waals surface area contributed by atoms with Gasteiger partial charge in [-0.3, -0.25) is 0 Å². The Morgan fingerprint density at radius 2 is 2.07 bits per heavy atom. The summed E-state index contributed by atoms with van der Waals surface area (Å²) < 4.78 is 5.65. The quantitative estimate of drug-likeness (QED) is 0.757. The Morgan fingerprint density at radius 3 is 2.71 bits per heavy atom. The van der Waals surface area contributed by atoms with Crippen LogP contribution in [0.2, 0.25) is 0 Å². The topological polar surface area (TPSA) is 65.2 Å². The van der Waals surface area contributed by atoms with Gasteiger partial charge in [-0.15, -0.1) is 0 Å². The first-order valence-electron chi connectivity index (χ1n) is 4.67. The predicted molar refractivity (Wildman–Crippen MR) is 56.9 cm³/mol. The second-order valence-electron chi connectivity index (χ2n) is 3.43. The Labute approximate surface area is 82.7 Å². The maximum atomic E-state index is 5.84. The van der Waals surface area contributed by atoms with Crippen LogP contribution in [0.3, 0.4) is 0 Å². The third kappa shape index (κ3) is 1.31. The average Bonchev–Trinajstić information content (AvgIpc) is 2.56. The molecule has 3 nitrogen and oxygen atoms in total. The molecule has 1 unspecified atom stereocenters. The highest BCUT2D eigenvalue weighted by Crippen LogP contribution is 2.27. The van der Waals surface area contributed by atoms with Crippen molar-refractivity contribution in [1.29, 1.82) is 0 Å². The van der Waals surface area contributed by atoms with Crippen LogP contribution in [0, 0.1) is 6.92 Å². The molecule has 0 aliphatic heterocycles. The molecule has 2 rings (SSSR count). The highest BCUT2D eigenvalue weighted by molar-refractivity contribution is 5.82. The Kier molecular flexibility index (Phi) is 2.27. The molecular weight excluding hydrogens is 176 g/mol. The molecule has 0 saturated carbocycles. The number of para-hydroxylation sites is 1. The van der Waals surface area contributed by atoms with Crippen molar-refractivity contribution < 1.29 is 4.42 Å². The summed E-state index contributed by atoms with van der Waals surface area (Å²) in [7, 11) is 0. The number of rotatable bonds is 2. The van der Waals surface area contributed by atoms with E-state index >= 15 is 0 Å². The highest BCUT2D eigenvalue weighted by atomic mass is 16.3. The monoisotopic (exact) mass is 190 g/mol. The second kappa shape index (κ2) is 3.44. The minimum absolute atomic E-state index is 0.206. The van der Waals surface area contributed by atoms with Gasteiger partial charge in [0, 0.05) is 17.5 Å². The zero-order valence-electron chi connectivity index (χ0n) is 8.16. The normalized spacial score (nSPS) is 13.4. The molecule has 0 bridgehead atoms. The van der Waals surface area contributed by atoms with E-state index in [1.807, 2.05) is 31.2 Å². The molecule has 14 heavy (non-hydrogen) atoms. The Hall–Kier alpha value is -1.32. The van der Waals surface area contributed by atoms with E-state index in [-0.39, 0.29) is 6.04 Å². The second-order valence-corrected chi connectivity index (χ2v) is 3.43. The van der Waals surface area contributed by atoms with Gasteiger partial charge >= 0.3 is 0 Å². The molecule has 4 N–H and O–H groups in total. The van der Waals surface area contributed by atoms with Gasteiger partial charge in [-0.2, -0.15) is 0 Å². The molecule has 3 heteroatoms. The predicted octanol–water partition coefficient (Wildman–Crippen LogP) is 1.70. The van der Waals surface area contributed by atoms with Gasteiger partial charge in [0.05, 0.1) is 6.04 Å². The van der Waals surface area contributed by atoms with Crippen LogP contribution in [0.1, 0.15) is 17.4 Å². The van der Waals surface area contributed by atoms with Gasteiger partial charge in [-0.1, -0.05) is 18.2 Å². The Bertz CT molecular complexity index is 447. The van der Waals surface area contributed by atoms with E-state index in [0.717, 1.165) is 22.3 Å². The fraction of sp³-hybridized carbons (Fsp3) is 0.273. The fourth-order valence-corrected chi connectivity index (χ4v) is 1.65. The molecule has 1 aromatic carbocycles. The van der Waals surface area contributed by atoms with Gasteiger partial charge in [0.15, 0.2) is 0 Å². The lowest BCUT2D eigenvalue weighted by Crippen LogP contribution is -2.20. The third-order valence-electron chi connectivity index (χ3n) is 2.47. The lowest BCUT2D eigenvalue weighted by atomic mass is 10.1. The Balaban J connectivity index is 2.62. The molecule has 1 aromatic heterocycles. The van der Waals surface area contributed by atoms with Crippen molar-refractivity contribution in [3.8, 4) is 0 Å². The molecule has 0 aliphatic carbocycles. The van der Waals surface area contributed by atoms with Crippen molar-refractivity contribution >= 4 is 11.0 Å². The fourth-order valence-electron chi connectivity index (χ4n) is 1.65. The van der Waals surface area contributed by atoms with Crippen LogP contribution in [0.5, 0.6) is 0 Å². The summed E-state index contributed by atoms with van der Waals surface area (Å²) in [6.07, 6.45) is 0. The van der Waals surface area contributed by atoms with Crippen molar-refractivity contribution in [2.45, 2.75) is 13.0 Å². The number of aryl methyl sites for hydroxylation is 1. The first-order chi connectivity index (χ1) is 6.74. The summed E-state index contributed by atoms with van der Waals surface area (Å²) in [5.41, 5.74) is 13.3. The van der Waals surface area contributed by atoms with E-state index in [4.69, 9.17) is 15.9 Å². The standard InChI is InChI=1S/C11H14N2O/c1-7-8-4-2-3-5-10(8)14-11(7)9(13)6-12/h2-5,9H,6,12-13H2,1H3. The van der Waals surface area contributed by atoms with E-state index in [9.17, 15) is 0 Å². The lowest BCUT2D eigenvalue weighted by Gasteiger charge is -2.05. The summed E-state index contributed by atoms with van der Waals surface area (Å²) in [5, 5.41) is 1.12. The molecule has 2 aromatic rings. The molecule has 0 fully saturated rings. The van der Waals surface area contributed by atoms with Crippen molar-refractivity contribution in [3.63, 3.8) is 0 Å². The zero-order chi connectivity index (χ0) is 10.1. The van der Waals surface area contributed by atoms with Gasteiger partial charge in [0.25, 0.3) is 0 Å². The maximum Gasteiger partial charge on any atom is 0.134 e. The number of hydrogen-bond acceptors (Lipinski definition) is 3. The summed E-state index contributed by atoms with van der Waals surface area (Å²) in [5.74, 6) is 0.800. The van der Waals surface area contributed by atoms with Gasteiger partial charge in [0.1, 0.15) is 11.3 Å². The molecule has 1 atom stereocenters. The number of fused-ring (bicyclic) bond motifs is 1. The summed E-state index contributed by atoms with van der Waals surface area (Å²) >= 11 is 0. The first kappa shape index (κ1) is 9.24. The van der Waals surface area contributed by atoms with E-state index < -0.39 is 0 Å². The minimum atomic E-state index is -0.206. The number of furan rings is 1. The van der Waals surface area contributed by atoms with Crippen LogP contribution < -0.4 is 11.5 Å². The molecule has 74 valence electrons. The van der Waals surface area contributed by atoms with Crippen LogP contribution in [0.15, 0.2) is 28.7 Å². The van der Waals surface area contributed by atoms with Gasteiger partial charge in [-0.25, -0.2) is 0 Å². The van der Waals surface area contributed by atoms with Crippen molar-refractivity contribution in [2.24, 2.45) is 11.5 Å². The average molecular weight is 190 g/mol. The summed E-state index contributed by atoms with van der Waals surface area (Å²) in [4.78, 5) is 0. The van der Waals surface area contributed by atoms with E-state index in [0.29, 0.717) is 6.54 Å². The molecule has 0 amide bonds. The summed E-state index contributed by atoms with van der Waals surface area (Å²) in [6, 6.07) is 7.70. The van der Waals surface area contributed by atoms with E-state index in [2.05, 4.69) is 0 Å². The van der Waals surface area contributed by atoms with Crippen LogP contribution in [-0.2, 0) is 0 Å². The number of nitrogens with two attached hydrogens (primary N) is 2. The van der Waals surface area contributed by atoms with E-state index in [1.165, 1.54) is 0 Å². The maximum absolute atomic E-state index is 5.84. The molecule has 0 spiro atoms. The number of benzene rings is 1. The minimum Gasteiger partial charge on any atom is -0.459 e.